The minimum Gasteiger partial charge on any atom is -0.744 e. The van der Waals surface area contributed by atoms with E-state index in [1.807, 2.05) is 12.1 Å². The number of hydrogen-bond acceptors (Lipinski definition) is 11. The monoisotopic (exact) mass is 753 g/mol. The first-order valence-corrected chi connectivity index (χ1v) is 19.5. The van der Waals surface area contributed by atoms with Crippen LogP contribution in [0.4, 0.5) is 28.4 Å². The van der Waals surface area contributed by atoms with Crippen LogP contribution in [0.2, 0.25) is 0 Å². The highest BCUT2D eigenvalue weighted by Gasteiger charge is 2.17. The third-order valence-corrected chi connectivity index (χ3v) is 10.5. The fourth-order valence-electron chi connectivity index (χ4n) is 5.44. The summed E-state index contributed by atoms with van der Waals surface area (Å²) in [5.41, 5.74) is 4.69. The third-order valence-electron chi connectivity index (χ3n) is 7.77. The lowest BCUT2D eigenvalue weighted by molar-refractivity contribution is 0.461. The van der Waals surface area contributed by atoms with Gasteiger partial charge in [-0.1, -0.05) is 72.8 Å². The molecule has 264 valence electrons. The minimum atomic E-state index is -4.76. The van der Waals surface area contributed by atoms with Gasteiger partial charge in [-0.25, -0.2) is 21.8 Å². The van der Waals surface area contributed by atoms with E-state index in [2.05, 4.69) is 15.6 Å². The number of nitrogens with one attached hydrogen (secondary N) is 2. The highest BCUT2D eigenvalue weighted by molar-refractivity contribution is 7.86. The predicted molar refractivity (Wildman–Crippen MR) is 196 cm³/mol. The van der Waals surface area contributed by atoms with Crippen molar-refractivity contribution in [1.29, 1.82) is 0 Å². The Bertz CT molecular complexity index is 2490. The van der Waals surface area contributed by atoms with Crippen molar-refractivity contribution in [3.05, 3.63) is 162 Å². The maximum Gasteiger partial charge on any atom is 0.296 e. The molecule has 5 aromatic rings. The van der Waals surface area contributed by atoms with Crippen LogP contribution in [0.3, 0.4) is 0 Å². The van der Waals surface area contributed by atoms with Gasteiger partial charge in [0, 0.05) is 11.4 Å². The van der Waals surface area contributed by atoms with Gasteiger partial charge in [-0.05, 0) is 95.1 Å². The lowest BCUT2D eigenvalue weighted by atomic mass is 9.90. The number of hydrogen-bond donors (Lipinski definition) is 3. The van der Waals surface area contributed by atoms with Gasteiger partial charge < -0.3 is 19.7 Å². The molecular formula is C37H27N3O9S3-2. The van der Waals surface area contributed by atoms with Gasteiger partial charge in [-0.15, -0.1) is 0 Å². The molecule has 0 aliphatic heterocycles. The second-order valence-electron chi connectivity index (χ2n) is 11.3. The predicted octanol–water partition coefficient (Wildman–Crippen LogP) is 6.93. The second kappa shape index (κ2) is 14.5. The average molecular weight is 754 g/mol. The number of aliphatic imine (C=N–C) groups is 1. The fourth-order valence-corrected chi connectivity index (χ4v) is 7.33. The largest absolute Gasteiger partial charge is 0.744 e. The van der Waals surface area contributed by atoms with E-state index in [4.69, 9.17) is 0 Å². The molecule has 0 bridgehead atoms. The van der Waals surface area contributed by atoms with Gasteiger partial charge in [0.05, 0.1) is 32.6 Å². The Hall–Kier alpha value is -5.68. The lowest BCUT2D eigenvalue weighted by Crippen LogP contribution is -2.04. The summed E-state index contributed by atoms with van der Waals surface area (Å²) >= 11 is 0. The second-order valence-corrected chi connectivity index (χ2v) is 15.4. The van der Waals surface area contributed by atoms with Crippen molar-refractivity contribution < 1.29 is 38.9 Å². The number of rotatable bonds is 10. The van der Waals surface area contributed by atoms with Gasteiger partial charge in [0.2, 0.25) is 0 Å². The summed E-state index contributed by atoms with van der Waals surface area (Å²) in [7, 11) is -14.0. The first kappa shape index (κ1) is 36.1. The maximum atomic E-state index is 11.9. The van der Waals surface area contributed by atoms with E-state index < -0.39 is 35.2 Å². The van der Waals surface area contributed by atoms with Crippen molar-refractivity contribution in [2.24, 2.45) is 4.99 Å². The minimum absolute atomic E-state index is 0.00237. The van der Waals surface area contributed by atoms with Gasteiger partial charge in [0.1, 0.15) is 25.1 Å². The van der Waals surface area contributed by atoms with Crippen molar-refractivity contribution in [2.45, 2.75) is 14.7 Å². The van der Waals surface area contributed by atoms with Crippen LogP contribution in [0.1, 0.15) is 11.1 Å². The fraction of sp³-hybridized carbons (Fsp3) is 0. The van der Waals surface area contributed by atoms with Crippen LogP contribution in [0.5, 0.6) is 0 Å². The van der Waals surface area contributed by atoms with E-state index in [9.17, 15) is 38.9 Å². The summed E-state index contributed by atoms with van der Waals surface area (Å²) in [6.45, 7) is 0. The van der Waals surface area contributed by atoms with Crippen LogP contribution >= 0.6 is 0 Å². The van der Waals surface area contributed by atoms with Crippen LogP contribution < -0.4 is 10.6 Å². The lowest BCUT2D eigenvalue weighted by Gasteiger charge is -2.17. The van der Waals surface area contributed by atoms with E-state index in [0.29, 0.717) is 17.1 Å². The Morgan fingerprint density at radius 3 is 1.42 bits per heavy atom. The Morgan fingerprint density at radius 1 is 0.519 bits per heavy atom. The molecule has 15 heteroatoms. The normalized spacial score (nSPS) is 13.1. The van der Waals surface area contributed by atoms with Crippen molar-refractivity contribution in [2.75, 3.05) is 10.6 Å². The smallest absolute Gasteiger partial charge is 0.296 e. The molecule has 0 fully saturated rings. The Labute approximate surface area is 300 Å². The molecule has 0 spiro atoms. The molecule has 52 heavy (non-hydrogen) atoms. The Balaban J connectivity index is 1.37. The van der Waals surface area contributed by atoms with Gasteiger partial charge >= 0.3 is 0 Å². The van der Waals surface area contributed by atoms with Crippen molar-refractivity contribution >= 4 is 70.1 Å². The van der Waals surface area contributed by atoms with Crippen molar-refractivity contribution in [1.82, 2.24) is 0 Å². The maximum absolute atomic E-state index is 11.9. The standard InChI is InChI=1S/C37H29N3O9S3/c41-50(42,43)34-10-4-1-7-31(34)38-28-19-13-25(14-20-28)37(26-15-21-29(22-16-26)39-32-8-2-5-11-35(32)51(44,45)46)27-17-23-30(24-18-27)40-33-9-3-6-12-36(33)52(47,48)49/h1-24,38-39H,(H,41,42,43)(H,44,45,46)(H,47,48,49)/p-2. The van der Waals surface area contributed by atoms with Crippen molar-refractivity contribution in [3.63, 3.8) is 0 Å². The van der Waals surface area contributed by atoms with Gasteiger partial charge in [0.15, 0.2) is 0 Å². The van der Waals surface area contributed by atoms with Crippen LogP contribution in [0.15, 0.2) is 171 Å². The SMILES string of the molecule is O=S(=O)([O-])c1ccccc1N=C1C=CC(=C(c2ccc(Nc3ccccc3S(=O)(=O)[O-])cc2)c2ccc(Nc3ccccc3S(=O)(=O)O)cc2)C=C1. The number of benzene rings is 5. The Morgan fingerprint density at radius 2 is 0.942 bits per heavy atom. The molecule has 3 N–H and O–H groups in total. The van der Waals surface area contributed by atoms with Crippen LogP contribution in [0.25, 0.3) is 5.57 Å². The van der Waals surface area contributed by atoms with E-state index in [1.54, 1.807) is 78.9 Å². The molecule has 0 saturated carbocycles. The zero-order chi connectivity index (χ0) is 37.1. The number of para-hydroxylation sites is 3. The molecule has 0 saturated heterocycles. The molecule has 0 radical (unpaired) electrons. The summed E-state index contributed by atoms with van der Waals surface area (Å²) in [5.74, 6) is 0. The van der Waals surface area contributed by atoms with E-state index >= 15 is 0 Å². The third kappa shape index (κ3) is 8.43. The summed E-state index contributed by atoms with van der Waals surface area (Å²) in [6, 6.07) is 31.4. The molecule has 1 aliphatic carbocycles. The zero-order valence-electron chi connectivity index (χ0n) is 26.7. The van der Waals surface area contributed by atoms with Crippen molar-refractivity contribution in [3.8, 4) is 0 Å². The molecule has 0 unspecified atom stereocenters. The van der Waals surface area contributed by atoms with E-state index in [0.717, 1.165) is 22.3 Å². The van der Waals surface area contributed by atoms with Gasteiger partial charge in [-0.3, -0.25) is 4.55 Å². The average Bonchev–Trinajstić information content (AvgIpc) is 3.10. The van der Waals surface area contributed by atoms with Crippen LogP contribution in [-0.4, -0.2) is 44.6 Å². The number of anilines is 4. The highest BCUT2D eigenvalue weighted by atomic mass is 32.2. The molecule has 0 atom stereocenters. The van der Waals surface area contributed by atoms with Crippen LogP contribution in [-0.2, 0) is 30.4 Å². The van der Waals surface area contributed by atoms with E-state index in [-0.39, 0.29) is 26.9 Å². The number of nitrogens with zero attached hydrogens (tertiary/aromatic N) is 1. The molecule has 0 heterocycles. The Kier molecular flexibility index (Phi) is 10.1. The molecule has 0 amide bonds. The quantitative estimate of drug-likeness (QED) is 0.125. The summed E-state index contributed by atoms with van der Waals surface area (Å²) in [6.07, 6.45) is 6.89. The van der Waals surface area contributed by atoms with Gasteiger partial charge in [-0.2, -0.15) is 8.42 Å². The molecule has 1 aliphatic rings. The number of allylic oxidation sites excluding steroid dienone is 5. The summed E-state index contributed by atoms with van der Waals surface area (Å²) in [5, 5.41) is 6.00. The molecule has 12 nitrogen and oxygen atoms in total. The molecule has 0 aromatic heterocycles. The van der Waals surface area contributed by atoms with E-state index in [1.165, 1.54) is 54.6 Å². The highest BCUT2D eigenvalue weighted by Crippen LogP contribution is 2.34. The first-order valence-electron chi connectivity index (χ1n) is 15.3. The summed E-state index contributed by atoms with van der Waals surface area (Å²) < 4.78 is 104. The van der Waals surface area contributed by atoms with Crippen LogP contribution in [0, 0.1) is 0 Å². The first-order chi connectivity index (χ1) is 24.7. The van der Waals surface area contributed by atoms with Gasteiger partial charge in [0.25, 0.3) is 10.1 Å². The molecule has 6 rings (SSSR count). The topological polar surface area (TPSA) is 205 Å². The summed E-state index contributed by atoms with van der Waals surface area (Å²) in [4.78, 5) is 3.26. The molecule has 5 aromatic carbocycles. The molecular weight excluding hydrogens is 727 g/mol. The zero-order valence-corrected chi connectivity index (χ0v) is 29.2.